The number of ether oxygens (including phenoxy) is 1. The van der Waals surface area contributed by atoms with Crippen LogP contribution in [0.1, 0.15) is 30.4 Å². The first-order valence-electron chi connectivity index (χ1n) is 8.92. The molecule has 1 saturated heterocycles. The van der Waals surface area contributed by atoms with Crippen molar-refractivity contribution in [3.8, 4) is 0 Å². The molecular formula is C21H23BrClNO2. The Morgan fingerprint density at radius 1 is 1.15 bits per heavy atom. The lowest BCUT2D eigenvalue weighted by atomic mass is 9.74. The van der Waals surface area contributed by atoms with Gasteiger partial charge in [0.25, 0.3) is 0 Å². The van der Waals surface area contributed by atoms with Crippen molar-refractivity contribution in [1.29, 1.82) is 0 Å². The SMILES string of the molecule is O=C(CCc1cccc(Cl)c1)NCC1(c2cccc(Br)c2)CCOCC1. The van der Waals surface area contributed by atoms with Crippen LogP contribution < -0.4 is 5.32 Å². The maximum Gasteiger partial charge on any atom is 0.220 e. The van der Waals surface area contributed by atoms with Crippen LogP contribution in [-0.4, -0.2) is 25.7 Å². The lowest BCUT2D eigenvalue weighted by molar-refractivity contribution is -0.121. The first-order chi connectivity index (χ1) is 12.6. The van der Waals surface area contributed by atoms with Gasteiger partial charge >= 0.3 is 0 Å². The van der Waals surface area contributed by atoms with Gasteiger partial charge in [-0.15, -0.1) is 0 Å². The zero-order valence-electron chi connectivity index (χ0n) is 14.6. The van der Waals surface area contributed by atoms with Gasteiger partial charge in [0.1, 0.15) is 0 Å². The molecule has 1 heterocycles. The number of benzene rings is 2. The van der Waals surface area contributed by atoms with Gasteiger partial charge in [-0.3, -0.25) is 4.79 Å². The molecule has 3 rings (SSSR count). The summed E-state index contributed by atoms with van der Waals surface area (Å²) >= 11 is 9.57. The number of nitrogens with one attached hydrogen (secondary N) is 1. The van der Waals surface area contributed by atoms with Gasteiger partial charge in [0, 0.05) is 41.1 Å². The second-order valence-electron chi connectivity index (χ2n) is 6.81. The number of rotatable bonds is 6. The van der Waals surface area contributed by atoms with Gasteiger partial charge in [0.05, 0.1) is 0 Å². The topological polar surface area (TPSA) is 38.3 Å². The van der Waals surface area contributed by atoms with E-state index in [0.717, 1.165) is 36.1 Å². The molecule has 1 aliphatic rings. The molecule has 1 amide bonds. The van der Waals surface area contributed by atoms with E-state index in [0.29, 0.717) is 24.4 Å². The molecule has 1 fully saturated rings. The molecule has 5 heteroatoms. The molecule has 0 bridgehead atoms. The van der Waals surface area contributed by atoms with Crippen LogP contribution >= 0.6 is 27.5 Å². The molecule has 0 aromatic heterocycles. The average molecular weight is 437 g/mol. The average Bonchev–Trinajstić information content (AvgIpc) is 2.65. The summed E-state index contributed by atoms with van der Waals surface area (Å²) in [6.07, 6.45) is 2.99. The normalized spacial score (nSPS) is 16.2. The third-order valence-electron chi connectivity index (χ3n) is 5.04. The Bertz CT molecular complexity index is 759. The highest BCUT2D eigenvalue weighted by Gasteiger charge is 2.34. The fraction of sp³-hybridized carbons (Fsp3) is 0.381. The van der Waals surface area contributed by atoms with Crippen LogP contribution in [0.5, 0.6) is 0 Å². The van der Waals surface area contributed by atoms with Crippen molar-refractivity contribution in [3.63, 3.8) is 0 Å². The second kappa shape index (κ2) is 9.03. The summed E-state index contributed by atoms with van der Waals surface area (Å²) < 4.78 is 6.63. The molecule has 138 valence electrons. The Kier molecular flexibility index (Phi) is 6.74. The third-order valence-corrected chi connectivity index (χ3v) is 5.77. The fourth-order valence-corrected chi connectivity index (χ4v) is 4.07. The summed E-state index contributed by atoms with van der Waals surface area (Å²) in [6, 6.07) is 16.1. The van der Waals surface area contributed by atoms with Crippen molar-refractivity contribution in [1.82, 2.24) is 5.32 Å². The minimum Gasteiger partial charge on any atom is -0.381 e. The fourth-order valence-electron chi connectivity index (χ4n) is 3.45. The van der Waals surface area contributed by atoms with Gasteiger partial charge < -0.3 is 10.1 Å². The molecular weight excluding hydrogens is 414 g/mol. The number of amides is 1. The van der Waals surface area contributed by atoms with E-state index in [9.17, 15) is 4.79 Å². The predicted molar refractivity (Wildman–Crippen MR) is 109 cm³/mol. The van der Waals surface area contributed by atoms with Crippen molar-refractivity contribution in [2.24, 2.45) is 0 Å². The minimum absolute atomic E-state index is 0.0618. The molecule has 1 N–H and O–H groups in total. The summed E-state index contributed by atoms with van der Waals surface area (Å²) in [5.74, 6) is 0.0749. The van der Waals surface area contributed by atoms with E-state index in [4.69, 9.17) is 16.3 Å². The first kappa shape index (κ1) is 19.4. The van der Waals surface area contributed by atoms with Crippen molar-refractivity contribution in [2.45, 2.75) is 31.1 Å². The number of aryl methyl sites for hydroxylation is 1. The van der Waals surface area contributed by atoms with Gasteiger partial charge in [-0.1, -0.05) is 51.8 Å². The Balaban J connectivity index is 1.61. The Hall–Kier alpha value is -1.36. The molecule has 0 aliphatic carbocycles. The number of halogens is 2. The maximum absolute atomic E-state index is 12.4. The van der Waals surface area contributed by atoms with Gasteiger partial charge in [0.2, 0.25) is 5.91 Å². The minimum atomic E-state index is -0.0618. The van der Waals surface area contributed by atoms with Crippen LogP contribution in [-0.2, 0) is 21.4 Å². The first-order valence-corrected chi connectivity index (χ1v) is 10.1. The molecule has 2 aromatic carbocycles. The van der Waals surface area contributed by atoms with Crippen LogP contribution in [0.25, 0.3) is 0 Å². The van der Waals surface area contributed by atoms with E-state index in [-0.39, 0.29) is 11.3 Å². The highest BCUT2D eigenvalue weighted by molar-refractivity contribution is 9.10. The highest BCUT2D eigenvalue weighted by atomic mass is 79.9. The molecule has 1 aliphatic heterocycles. The molecule has 3 nitrogen and oxygen atoms in total. The van der Waals surface area contributed by atoms with Crippen LogP contribution in [0, 0.1) is 0 Å². The van der Waals surface area contributed by atoms with Crippen LogP contribution in [0.15, 0.2) is 53.0 Å². The van der Waals surface area contributed by atoms with Gasteiger partial charge in [0.15, 0.2) is 0 Å². The second-order valence-corrected chi connectivity index (χ2v) is 8.16. The number of carbonyl (C=O) groups excluding carboxylic acids is 1. The Morgan fingerprint density at radius 2 is 1.92 bits per heavy atom. The van der Waals surface area contributed by atoms with Crippen LogP contribution in [0.3, 0.4) is 0 Å². The molecule has 26 heavy (non-hydrogen) atoms. The van der Waals surface area contributed by atoms with E-state index < -0.39 is 0 Å². The lowest BCUT2D eigenvalue weighted by Crippen LogP contribution is -2.44. The predicted octanol–water partition coefficient (Wildman–Crippen LogP) is 4.90. The summed E-state index contributed by atoms with van der Waals surface area (Å²) in [5, 5.41) is 3.86. The lowest BCUT2D eigenvalue weighted by Gasteiger charge is -2.38. The molecule has 0 atom stereocenters. The molecule has 0 saturated carbocycles. The smallest absolute Gasteiger partial charge is 0.220 e. The summed E-state index contributed by atoms with van der Waals surface area (Å²) in [6.45, 7) is 2.09. The monoisotopic (exact) mass is 435 g/mol. The van der Waals surface area contributed by atoms with Gasteiger partial charge in [-0.25, -0.2) is 0 Å². The summed E-state index contributed by atoms with van der Waals surface area (Å²) in [4.78, 5) is 12.4. The zero-order chi connectivity index (χ0) is 18.4. The summed E-state index contributed by atoms with van der Waals surface area (Å²) in [7, 11) is 0. The quantitative estimate of drug-likeness (QED) is 0.699. The van der Waals surface area contributed by atoms with E-state index >= 15 is 0 Å². The van der Waals surface area contributed by atoms with Crippen LogP contribution in [0.2, 0.25) is 5.02 Å². The summed E-state index contributed by atoms with van der Waals surface area (Å²) in [5.41, 5.74) is 2.28. The van der Waals surface area contributed by atoms with Crippen molar-refractivity contribution < 1.29 is 9.53 Å². The molecule has 2 aromatic rings. The van der Waals surface area contributed by atoms with E-state index in [1.807, 2.05) is 30.3 Å². The largest absolute Gasteiger partial charge is 0.381 e. The number of hydrogen-bond acceptors (Lipinski definition) is 2. The van der Waals surface area contributed by atoms with E-state index in [2.05, 4.69) is 39.4 Å². The zero-order valence-corrected chi connectivity index (χ0v) is 17.0. The van der Waals surface area contributed by atoms with Gasteiger partial charge in [-0.2, -0.15) is 0 Å². The maximum atomic E-state index is 12.4. The van der Waals surface area contributed by atoms with Crippen molar-refractivity contribution in [3.05, 3.63) is 69.2 Å². The Morgan fingerprint density at radius 3 is 2.65 bits per heavy atom. The van der Waals surface area contributed by atoms with E-state index in [1.165, 1.54) is 5.56 Å². The molecule has 0 unspecified atom stereocenters. The Labute approximate surface area is 168 Å². The highest BCUT2D eigenvalue weighted by Crippen LogP contribution is 2.35. The third kappa shape index (κ3) is 5.09. The van der Waals surface area contributed by atoms with Crippen LogP contribution in [0.4, 0.5) is 0 Å². The number of carbonyl (C=O) groups is 1. The van der Waals surface area contributed by atoms with E-state index in [1.54, 1.807) is 0 Å². The van der Waals surface area contributed by atoms with Crippen molar-refractivity contribution >= 4 is 33.4 Å². The van der Waals surface area contributed by atoms with Crippen molar-refractivity contribution in [2.75, 3.05) is 19.8 Å². The number of hydrogen-bond donors (Lipinski definition) is 1. The standard InChI is InChI=1S/C21H23BrClNO2/c22-18-5-2-4-17(14-18)21(9-11-26-12-10-21)15-24-20(25)8-7-16-3-1-6-19(23)13-16/h1-6,13-14H,7-12,15H2,(H,24,25). The van der Waals surface area contributed by atoms with Gasteiger partial charge in [-0.05, 0) is 54.7 Å². The molecule has 0 spiro atoms. The molecule has 0 radical (unpaired) electrons.